The molecule has 1 aromatic carbocycles. The highest BCUT2D eigenvalue weighted by molar-refractivity contribution is 6.04. The van der Waals surface area contributed by atoms with Crippen LogP contribution < -0.4 is 10.6 Å². The molecule has 0 fully saturated rings. The van der Waals surface area contributed by atoms with E-state index in [1.54, 1.807) is 24.3 Å². The summed E-state index contributed by atoms with van der Waals surface area (Å²) >= 11 is 0. The molecule has 3 N–H and O–H groups in total. The largest absolute Gasteiger partial charge is 0.475 e. The van der Waals surface area contributed by atoms with Crippen molar-refractivity contribution in [3.05, 3.63) is 41.8 Å². The zero-order valence-corrected chi connectivity index (χ0v) is 10.9. The number of carbonyl (C=O) groups excluding carboxylic acids is 2. The van der Waals surface area contributed by atoms with E-state index >= 15 is 0 Å². The standard InChI is InChI=1S/C13H11N3O5/c1-7(17)14-8-3-2-4-9(5-8)15-12(18)10-6-11(13(19)20)21-16-10/h2-6H,1H3,(H,14,17)(H,15,18)(H,19,20). The van der Waals surface area contributed by atoms with E-state index in [9.17, 15) is 14.4 Å². The van der Waals surface area contributed by atoms with Crippen LogP contribution in [0.4, 0.5) is 11.4 Å². The van der Waals surface area contributed by atoms with Crippen molar-refractivity contribution in [1.82, 2.24) is 5.16 Å². The van der Waals surface area contributed by atoms with Gasteiger partial charge in [0.1, 0.15) is 0 Å². The molecule has 0 bridgehead atoms. The quantitative estimate of drug-likeness (QED) is 0.785. The molecule has 0 spiro atoms. The second-order valence-corrected chi connectivity index (χ2v) is 4.10. The summed E-state index contributed by atoms with van der Waals surface area (Å²) in [4.78, 5) is 33.5. The number of nitrogens with zero attached hydrogens (tertiary/aromatic N) is 1. The minimum absolute atomic E-state index is 0.155. The van der Waals surface area contributed by atoms with Gasteiger partial charge >= 0.3 is 5.97 Å². The Labute approximate surface area is 118 Å². The molecule has 2 rings (SSSR count). The van der Waals surface area contributed by atoms with Gasteiger partial charge in [0.2, 0.25) is 11.7 Å². The normalized spacial score (nSPS) is 9.95. The van der Waals surface area contributed by atoms with Crippen molar-refractivity contribution in [2.75, 3.05) is 10.6 Å². The average Bonchev–Trinajstić information content (AvgIpc) is 2.88. The van der Waals surface area contributed by atoms with Gasteiger partial charge in [-0.2, -0.15) is 0 Å². The minimum atomic E-state index is -1.31. The highest BCUT2D eigenvalue weighted by Gasteiger charge is 2.16. The van der Waals surface area contributed by atoms with Gasteiger partial charge in [0.25, 0.3) is 5.91 Å². The van der Waals surface area contributed by atoms with Crippen LogP contribution in [0.5, 0.6) is 0 Å². The van der Waals surface area contributed by atoms with Gasteiger partial charge in [-0.15, -0.1) is 0 Å². The number of anilines is 2. The summed E-state index contributed by atoms with van der Waals surface area (Å²) in [6.07, 6.45) is 0. The highest BCUT2D eigenvalue weighted by Crippen LogP contribution is 2.16. The Balaban J connectivity index is 2.11. The molecular weight excluding hydrogens is 278 g/mol. The zero-order chi connectivity index (χ0) is 15.4. The van der Waals surface area contributed by atoms with E-state index in [1.807, 2.05) is 0 Å². The Morgan fingerprint density at radius 3 is 2.38 bits per heavy atom. The third kappa shape index (κ3) is 3.66. The van der Waals surface area contributed by atoms with Crippen LogP contribution in [0.2, 0.25) is 0 Å². The van der Waals surface area contributed by atoms with Crippen LogP contribution in [0.25, 0.3) is 0 Å². The number of benzene rings is 1. The molecule has 2 amide bonds. The number of hydrogen-bond donors (Lipinski definition) is 3. The molecule has 0 saturated carbocycles. The van der Waals surface area contributed by atoms with Crippen LogP contribution in [0, 0.1) is 0 Å². The highest BCUT2D eigenvalue weighted by atomic mass is 16.5. The fourth-order valence-electron chi connectivity index (χ4n) is 1.56. The molecule has 0 aliphatic heterocycles. The van der Waals surface area contributed by atoms with Crippen LogP contribution in [0.15, 0.2) is 34.9 Å². The molecule has 0 atom stereocenters. The number of nitrogens with one attached hydrogen (secondary N) is 2. The molecule has 0 aliphatic rings. The molecule has 0 unspecified atom stereocenters. The van der Waals surface area contributed by atoms with Gasteiger partial charge in [-0.25, -0.2) is 4.79 Å². The van der Waals surface area contributed by atoms with Crippen LogP contribution in [-0.4, -0.2) is 28.0 Å². The number of rotatable bonds is 4. The van der Waals surface area contributed by atoms with Crippen LogP contribution in [0.1, 0.15) is 28.0 Å². The van der Waals surface area contributed by atoms with E-state index in [-0.39, 0.29) is 11.6 Å². The number of amides is 2. The Morgan fingerprint density at radius 1 is 1.14 bits per heavy atom. The molecule has 21 heavy (non-hydrogen) atoms. The fourth-order valence-corrected chi connectivity index (χ4v) is 1.56. The Morgan fingerprint density at radius 2 is 1.81 bits per heavy atom. The molecule has 0 radical (unpaired) electrons. The lowest BCUT2D eigenvalue weighted by Gasteiger charge is -2.06. The van der Waals surface area contributed by atoms with Gasteiger partial charge in [0.05, 0.1) is 0 Å². The fraction of sp³-hybridized carbons (Fsp3) is 0.0769. The molecule has 1 aromatic heterocycles. The van der Waals surface area contributed by atoms with Gasteiger partial charge in [-0.05, 0) is 18.2 Å². The number of carbonyl (C=O) groups is 3. The van der Waals surface area contributed by atoms with E-state index < -0.39 is 17.6 Å². The Hall–Kier alpha value is -3.16. The lowest BCUT2D eigenvalue weighted by Crippen LogP contribution is -2.13. The molecule has 0 aliphatic carbocycles. The molecule has 8 nitrogen and oxygen atoms in total. The van der Waals surface area contributed by atoms with Gasteiger partial charge < -0.3 is 20.3 Å². The number of aromatic carboxylic acids is 1. The summed E-state index contributed by atoms with van der Waals surface area (Å²) in [6.45, 7) is 1.37. The number of carboxylic acid groups (broad SMARTS) is 1. The summed E-state index contributed by atoms with van der Waals surface area (Å²) in [5, 5.41) is 17.1. The average molecular weight is 289 g/mol. The van der Waals surface area contributed by atoms with E-state index in [1.165, 1.54) is 6.92 Å². The van der Waals surface area contributed by atoms with Crippen LogP contribution in [0.3, 0.4) is 0 Å². The lowest BCUT2D eigenvalue weighted by molar-refractivity contribution is -0.114. The molecule has 8 heteroatoms. The number of aromatic nitrogens is 1. The SMILES string of the molecule is CC(=O)Nc1cccc(NC(=O)c2cc(C(=O)O)on2)c1. The third-order valence-corrected chi connectivity index (χ3v) is 2.39. The van der Waals surface area contributed by atoms with Crippen molar-refractivity contribution in [2.24, 2.45) is 0 Å². The monoisotopic (exact) mass is 289 g/mol. The smallest absolute Gasteiger partial charge is 0.374 e. The van der Waals surface area contributed by atoms with Gasteiger partial charge in [-0.1, -0.05) is 11.2 Å². The van der Waals surface area contributed by atoms with Gasteiger partial charge in [0.15, 0.2) is 5.69 Å². The van der Waals surface area contributed by atoms with Gasteiger partial charge in [0, 0.05) is 24.4 Å². The molecule has 1 heterocycles. The summed E-state index contributed by atoms with van der Waals surface area (Å²) in [5.41, 5.74) is 0.787. The predicted octanol–water partition coefficient (Wildman–Crippen LogP) is 1.58. The molecular formula is C13H11N3O5. The Kier molecular flexibility index (Phi) is 3.98. The van der Waals surface area contributed by atoms with E-state index in [0.717, 1.165) is 6.07 Å². The number of carboxylic acids is 1. The first-order valence-electron chi connectivity index (χ1n) is 5.85. The second-order valence-electron chi connectivity index (χ2n) is 4.10. The second kappa shape index (κ2) is 5.87. The first kappa shape index (κ1) is 14.3. The maximum Gasteiger partial charge on any atom is 0.374 e. The van der Waals surface area contributed by atoms with E-state index in [2.05, 4.69) is 20.3 Å². The van der Waals surface area contributed by atoms with E-state index in [4.69, 9.17) is 5.11 Å². The van der Waals surface area contributed by atoms with Crippen molar-refractivity contribution in [3.8, 4) is 0 Å². The first-order valence-corrected chi connectivity index (χ1v) is 5.85. The lowest BCUT2D eigenvalue weighted by atomic mass is 10.2. The first-order chi connectivity index (χ1) is 9.95. The number of hydrogen-bond acceptors (Lipinski definition) is 5. The summed E-state index contributed by atoms with van der Waals surface area (Å²) < 4.78 is 4.49. The van der Waals surface area contributed by atoms with Crippen molar-refractivity contribution < 1.29 is 24.0 Å². The van der Waals surface area contributed by atoms with E-state index in [0.29, 0.717) is 11.4 Å². The molecule has 108 valence electrons. The maximum absolute atomic E-state index is 11.9. The predicted molar refractivity (Wildman–Crippen MR) is 72.2 cm³/mol. The van der Waals surface area contributed by atoms with Gasteiger partial charge in [-0.3, -0.25) is 9.59 Å². The third-order valence-electron chi connectivity index (χ3n) is 2.39. The van der Waals surface area contributed by atoms with Crippen LogP contribution >= 0.6 is 0 Å². The molecule has 0 saturated heterocycles. The van der Waals surface area contributed by atoms with Crippen molar-refractivity contribution >= 4 is 29.2 Å². The maximum atomic E-state index is 11.9. The molecule has 2 aromatic rings. The summed E-state index contributed by atoms with van der Waals surface area (Å²) in [5.74, 6) is -2.59. The minimum Gasteiger partial charge on any atom is -0.475 e. The Bertz CT molecular complexity index is 707. The van der Waals surface area contributed by atoms with Crippen LogP contribution in [-0.2, 0) is 4.79 Å². The van der Waals surface area contributed by atoms with Crippen molar-refractivity contribution in [2.45, 2.75) is 6.92 Å². The summed E-state index contributed by atoms with van der Waals surface area (Å²) in [7, 11) is 0. The van der Waals surface area contributed by atoms with Crippen molar-refractivity contribution in [3.63, 3.8) is 0 Å². The van der Waals surface area contributed by atoms with Crippen molar-refractivity contribution in [1.29, 1.82) is 0 Å². The topological polar surface area (TPSA) is 122 Å². The summed E-state index contributed by atoms with van der Waals surface area (Å²) in [6, 6.07) is 7.50. The zero-order valence-electron chi connectivity index (χ0n) is 10.9.